The highest BCUT2D eigenvalue weighted by Gasteiger charge is 2.33. The van der Waals surface area contributed by atoms with Crippen molar-refractivity contribution in [2.75, 3.05) is 39.2 Å². The van der Waals surface area contributed by atoms with E-state index in [-0.39, 0.29) is 55.2 Å². The van der Waals surface area contributed by atoms with Gasteiger partial charge in [0.1, 0.15) is 17.6 Å². The topological polar surface area (TPSA) is 125 Å². The number of carbonyl (C=O) groups is 2. The summed E-state index contributed by atoms with van der Waals surface area (Å²) < 4.78 is 39.7. The Morgan fingerprint density at radius 3 is 2.49 bits per heavy atom. The molecule has 4 rings (SSSR count). The first-order valence-corrected chi connectivity index (χ1v) is 15.6. The predicted octanol–water partition coefficient (Wildman–Crippen LogP) is 3.35. The summed E-state index contributed by atoms with van der Waals surface area (Å²) in [6.45, 7) is 3.71. The molecular weight excluding hydrogens is 570 g/mol. The standard InChI is InChI=1S/C32H39N3O7S/c1-22-19-35(23(2)21-36)32(38)18-25-17-26(33-31(37)16-24-8-6-5-7-9-24)10-15-29(25)42-30(22)20-34(3)43(39,40)28-13-11-27(41-4)12-14-28/h5-15,17,22-23,30,36H,16,18-21H2,1-4H3,(H,33,37)/t22-,23+,30-/m0/s1. The lowest BCUT2D eigenvalue weighted by molar-refractivity contribution is -0.134. The third-order valence-corrected chi connectivity index (χ3v) is 9.45. The van der Waals surface area contributed by atoms with Crippen molar-refractivity contribution in [2.24, 2.45) is 5.92 Å². The molecule has 0 saturated carbocycles. The second-order valence-corrected chi connectivity index (χ2v) is 12.9. The molecule has 1 aliphatic rings. The fourth-order valence-electron chi connectivity index (χ4n) is 4.99. The Labute approximate surface area is 253 Å². The van der Waals surface area contributed by atoms with E-state index in [4.69, 9.17) is 9.47 Å². The molecule has 0 radical (unpaired) electrons. The molecule has 0 fully saturated rings. The summed E-state index contributed by atoms with van der Waals surface area (Å²) in [5.41, 5.74) is 1.94. The fourth-order valence-corrected chi connectivity index (χ4v) is 6.17. The molecule has 2 N–H and O–H groups in total. The minimum absolute atomic E-state index is 0.0124. The largest absolute Gasteiger partial charge is 0.497 e. The number of rotatable bonds is 10. The maximum Gasteiger partial charge on any atom is 0.242 e. The number of anilines is 1. The zero-order valence-corrected chi connectivity index (χ0v) is 25.7. The van der Waals surface area contributed by atoms with E-state index in [2.05, 4.69) is 5.32 Å². The van der Waals surface area contributed by atoms with Gasteiger partial charge in [-0.2, -0.15) is 4.31 Å². The number of amides is 2. The second-order valence-electron chi connectivity index (χ2n) is 10.9. The van der Waals surface area contributed by atoms with Crippen LogP contribution in [0.2, 0.25) is 0 Å². The fraction of sp³-hybridized carbons (Fsp3) is 0.375. The first kappa shape index (κ1) is 32.0. The van der Waals surface area contributed by atoms with E-state index < -0.39 is 22.2 Å². The summed E-state index contributed by atoms with van der Waals surface area (Å²) in [7, 11) is -0.851. The van der Waals surface area contributed by atoms with Gasteiger partial charge in [0.25, 0.3) is 0 Å². The number of nitrogens with one attached hydrogen (secondary N) is 1. The van der Waals surface area contributed by atoms with Gasteiger partial charge in [0.15, 0.2) is 0 Å². The Bertz CT molecular complexity index is 1510. The molecule has 1 aliphatic heterocycles. The molecule has 0 aliphatic carbocycles. The van der Waals surface area contributed by atoms with Gasteiger partial charge in [-0.1, -0.05) is 37.3 Å². The molecule has 3 aromatic carbocycles. The lowest BCUT2D eigenvalue weighted by atomic mass is 10.0. The maximum atomic E-state index is 13.5. The molecule has 0 bridgehead atoms. The molecule has 43 heavy (non-hydrogen) atoms. The highest BCUT2D eigenvalue weighted by Crippen LogP contribution is 2.30. The van der Waals surface area contributed by atoms with Crippen molar-refractivity contribution in [3.63, 3.8) is 0 Å². The van der Waals surface area contributed by atoms with Gasteiger partial charge in [-0.3, -0.25) is 9.59 Å². The smallest absolute Gasteiger partial charge is 0.242 e. The lowest BCUT2D eigenvalue weighted by Gasteiger charge is -2.33. The zero-order valence-electron chi connectivity index (χ0n) is 24.9. The van der Waals surface area contributed by atoms with Crippen LogP contribution in [0.1, 0.15) is 25.0 Å². The van der Waals surface area contributed by atoms with Crippen LogP contribution in [-0.4, -0.2) is 80.5 Å². The van der Waals surface area contributed by atoms with E-state index in [0.29, 0.717) is 22.7 Å². The molecule has 11 heteroatoms. The molecule has 230 valence electrons. The maximum absolute atomic E-state index is 13.5. The first-order valence-electron chi connectivity index (χ1n) is 14.2. The zero-order chi connectivity index (χ0) is 31.1. The molecule has 10 nitrogen and oxygen atoms in total. The number of fused-ring (bicyclic) bond motifs is 1. The Balaban J connectivity index is 1.61. The normalized spacial score (nSPS) is 18.1. The van der Waals surface area contributed by atoms with Crippen molar-refractivity contribution >= 4 is 27.5 Å². The van der Waals surface area contributed by atoms with E-state index >= 15 is 0 Å². The van der Waals surface area contributed by atoms with E-state index in [1.807, 2.05) is 37.3 Å². The first-order chi connectivity index (χ1) is 20.5. The molecule has 3 aromatic rings. The van der Waals surface area contributed by atoms with Gasteiger partial charge in [0.05, 0.1) is 44.0 Å². The lowest BCUT2D eigenvalue weighted by Crippen LogP contribution is -2.48. The monoisotopic (exact) mass is 609 g/mol. The number of sulfonamides is 1. The number of benzene rings is 3. The number of nitrogens with zero attached hydrogens (tertiary/aromatic N) is 2. The van der Waals surface area contributed by atoms with E-state index in [1.54, 1.807) is 42.2 Å². The van der Waals surface area contributed by atoms with Crippen molar-refractivity contribution in [1.29, 1.82) is 0 Å². The van der Waals surface area contributed by atoms with Crippen LogP contribution in [0.15, 0.2) is 77.7 Å². The SMILES string of the molecule is COc1ccc(S(=O)(=O)N(C)C[C@@H]2Oc3ccc(NC(=O)Cc4ccccc4)cc3CC(=O)N([C@H](C)CO)C[C@@H]2C)cc1. The third kappa shape index (κ3) is 7.92. The molecular formula is C32H39N3O7S. The van der Waals surface area contributed by atoms with Crippen LogP contribution in [0.25, 0.3) is 0 Å². The molecule has 0 unspecified atom stereocenters. The van der Waals surface area contributed by atoms with Crippen LogP contribution in [0.5, 0.6) is 11.5 Å². The van der Waals surface area contributed by atoms with E-state index in [1.165, 1.54) is 30.6 Å². The van der Waals surface area contributed by atoms with Crippen molar-refractivity contribution in [3.05, 3.63) is 83.9 Å². The van der Waals surface area contributed by atoms with Gasteiger partial charge in [-0.05, 0) is 55.0 Å². The summed E-state index contributed by atoms with van der Waals surface area (Å²) in [5.74, 6) is 0.284. The van der Waals surface area contributed by atoms with E-state index in [0.717, 1.165) is 5.56 Å². The Hall–Kier alpha value is -3.93. The van der Waals surface area contributed by atoms with Crippen molar-refractivity contribution in [1.82, 2.24) is 9.21 Å². The van der Waals surface area contributed by atoms with Gasteiger partial charge >= 0.3 is 0 Å². The minimum Gasteiger partial charge on any atom is -0.497 e. The van der Waals surface area contributed by atoms with Gasteiger partial charge < -0.3 is 24.8 Å². The Morgan fingerprint density at radius 1 is 1.14 bits per heavy atom. The molecule has 0 spiro atoms. The number of likely N-dealkylation sites (N-methyl/N-ethyl adjacent to an activating group) is 1. The minimum atomic E-state index is -3.86. The second kappa shape index (κ2) is 14.0. The number of ether oxygens (including phenoxy) is 2. The Morgan fingerprint density at radius 2 is 1.84 bits per heavy atom. The highest BCUT2D eigenvalue weighted by molar-refractivity contribution is 7.89. The van der Waals surface area contributed by atoms with Crippen LogP contribution >= 0.6 is 0 Å². The molecule has 3 atom stereocenters. The van der Waals surface area contributed by atoms with Crippen LogP contribution < -0.4 is 14.8 Å². The number of hydrogen-bond acceptors (Lipinski definition) is 7. The van der Waals surface area contributed by atoms with Gasteiger partial charge in [0, 0.05) is 30.8 Å². The van der Waals surface area contributed by atoms with Crippen molar-refractivity contribution < 1.29 is 32.6 Å². The number of aliphatic hydroxyl groups is 1. The summed E-state index contributed by atoms with van der Waals surface area (Å²) in [4.78, 5) is 27.9. The van der Waals surface area contributed by atoms with Gasteiger partial charge in [-0.25, -0.2) is 8.42 Å². The average molecular weight is 610 g/mol. The predicted molar refractivity (Wildman–Crippen MR) is 164 cm³/mol. The summed E-state index contributed by atoms with van der Waals surface area (Å²) in [6, 6.07) is 20.2. The highest BCUT2D eigenvalue weighted by atomic mass is 32.2. The molecule has 2 amide bonds. The third-order valence-electron chi connectivity index (χ3n) is 7.61. The summed E-state index contributed by atoms with van der Waals surface area (Å²) in [5, 5.41) is 12.8. The van der Waals surface area contributed by atoms with Crippen molar-refractivity contribution in [2.45, 2.75) is 43.7 Å². The number of carbonyl (C=O) groups excluding carboxylic acids is 2. The van der Waals surface area contributed by atoms with Crippen LogP contribution in [0.3, 0.4) is 0 Å². The Kier molecular flexibility index (Phi) is 10.4. The number of hydrogen-bond donors (Lipinski definition) is 2. The van der Waals surface area contributed by atoms with Crippen LogP contribution in [-0.2, 0) is 32.5 Å². The van der Waals surface area contributed by atoms with Gasteiger partial charge in [0.2, 0.25) is 21.8 Å². The summed E-state index contributed by atoms with van der Waals surface area (Å²) >= 11 is 0. The van der Waals surface area contributed by atoms with Gasteiger partial charge in [-0.15, -0.1) is 0 Å². The molecule has 0 saturated heterocycles. The van der Waals surface area contributed by atoms with Crippen LogP contribution in [0, 0.1) is 5.92 Å². The number of methoxy groups -OCH3 is 1. The van der Waals surface area contributed by atoms with E-state index in [9.17, 15) is 23.1 Å². The average Bonchev–Trinajstić information content (AvgIpc) is 3.04. The number of aliphatic hydroxyl groups excluding tert-OH is 1. The quantitative estimate of drug-likeness (QED) is 0.361. The van der Waals surface area contributed by atoms with Crippen molar-refractivity contribution in [3.8, 4) is 11.5 Å². The molecule has 0 aromatic heterocycles. The van der Waals surface area contributed by atoms with Crippen LogP contribution in [0.4, 0.5) is 5.69 Å². The molecule has 1 heterocycles. The summed E-state index contributed by atoms with van der Waals surface area (Å²) in [6.07, 6.45) is -0.444.